The molecule has 10 nitrogen and oxygen atoms in total. The average molecular weight is 541 g/mol. The van der Waals surface area contributed by atoms with Crippen molar-refractivity contribution in [1.82, 2.24) is 4.72 Å². The van der Waals surface area contributed by atoms with E-state index in [2.05, 4.69) is 9.88 Å². The van der Waals surface area contributed by atoms with Crippen LogP contribution in [-0.2, 0) is 26.1 Å². The lowest BCUT2D eigenvalue weighted by Gasteiger charge is -2.15. The smallest absolute Gasteiger partial charge is 0.322 e. The SMILES string of the molecule is Cc1c(S(=O)(=O)NC(Cc2ccc(OCCCON=C(N)N)cc2)C(=O)O)sc2ccc(Cl)cc12. The number of hydrogen-bond donors (Lipinski definition) is 4. The van der Waals surface area contributed by atoms with Crippen LogP contribution in [0.1, 0.15) is 17.5 Å². The molecule has 0 saturated carbocycles. The van der Waals surface area contributed by atoms with Crippen molar-refractivity contribution in [2.45, 2.75) is 30.0 Å². The third kappa shape index (κ3) is 7.21. The number of aryl methyl sites for hydroxylation is 1. The molecule has 3 aromatic rings. The fourth-order valence-corrected chi connectivity index (χ4v) is 6.36. The Morgan fingerprint density at radius 2 is 1.91 bits per heavy atom. The number of carboxylic acid groups (broad SMARTS) is 1. The van der Waals surface area contributed by atoms with Crippen LogP contribution >= 0.6 is 22.9 Å². The molecule has 1 unspecified atom stereocenters. The number of nitrogens with two attached hydrogens (primary N) is 2. The quantitative estimate of drug-likeness (QED) is 0.118. The highest BCUT2D eigenvalue weighted by molar-refractivity contribution is 7.91. The molecule has 1 heterocycles. The number of sulfonamides is 1. The van der Waals surface area contributed by atoms with Crippen LogP contribution in [0.25, 0.3) is 10.1 Å². The van der Waals surface area contributed by atoms with Gasteiger partial charge in [0, 0.05) is 16.1 Å². The predicted octanol–water partition coefficient (Wildman–Crippen LogP) is 2.81. The maximum Gasteiger partial charge on any atom is 0.322 e. The second-order valence-corrected chi connectivity index (χ2v) is 11.0. The minimum Gasteiger partial charge on any atom is -0.493 e. The number of fused-ring (bicyclic) bond motifs is 1. The molecule has 1 aromatic heterocycles. The van der Waals surface area contributed by atoms with E-state index in [9.17, 15) is 18.3 Å². The monoisotopic (exact) mass is 540 g/mol. The van der Waals surface area contributed by atoms with Crippen LogP contribution < -0.4 is 20.9 Å². The predicted molar refractivity (Wildman–Crippen MR) is 135 cm³/mol. The van der Waals surface area contributed by atoms with Crippen LogP contribution in [0.3, 0.4) is 0 Å². The molecule has 35 heavy (non-hydrogen) atoms. The number of carbonyl (C=O) groups is 1. The van der Waals surface area contributed by atoms with Crippen molar-refractivity contribution in [3.63, 3.8) is 0 Å². The third-order valence-electron chi connectivity index (χ3n) is 4.88. The molecule has 0 aliphatic rings. The van der Waals surface area contributed by atoms with Crippen LogP contribution in [0.15, 0.2) is 51.8 Å². The summed E-state index contributed by atoms with van der Waals surface area (Å²) in [5.74, 6) is -0.869. The summed E-state index contributed by atoms with van der Waals surface area (Å²) >= 11 is 7.10. The molecule has 0 saturated heterocycles. The zero-order valence-electron chi connectivity index (χ0n) is 18.7. The standard InChI is InChI=1S/C22H25ClN4O6S2/c1-13-17-12-15(23)5-8-19(17)34-21(13)35(30,31)27-18(20(28)29)11-14-3-6-16(7-4-14)32-9-2-10-33-26-22(24)25/h3-8,12,18,27H,2,9-11H2,1H3,(H,28,29)(H4,24,25,26). The summed E-state index contributed by atoms with van der Waals surface area (Å²) in [5.41, 5.74) is 11.4. The Morgan fingerprint density at radius 1 is 1.20 bits per heavy atom. The highest BCUT2D eigenvalue weighted by Gasteiger charge is 2.29. The van der Waals surface area contributed by atoms with E-state index >= 15 is 0 Å². The number of guanidine groups is 1. The number of hydrogen-bond acceptors (Lipinski definition) is 7. The second-order valence-electron chi connectivity index (χ2n) is 7.57. The van der Waals surface area contributed by atoms with E-state index in [-0.39, 0.29) is 23.2 Å². The fourth-order valence-electron chi connectivity index (χ4n) is 3.24. The lowest BCUT2D eigenvalue weighted by Crippen LogP contribution is -2.42. The molecule has 0 aliphatic carbocycles. The van der Waals surface area contributed by atoms with Gasteiger partial charge in [0.2, 0.25) is 5.96 Å². The number of nitrogens with zero attached hydrogens (tertiary/aromatic N) is 1. The normalized spacial score (nSPS) is 12.3. The molecule has 13 heteroatoms. The topological polar surface area (TPSA) is 166 Å². The molecule has 6 N–H and O–H groups in total. The van der Waals surface area contributed by atoms with Crippen molar-refractivity contribution in [3.05, 3.63) is 58.6 Å². The Labute approximate surface area is 211 Å². The van der Waals surface area contributed by atoms with Gasteiger partial charge in [-0.3, -0.25) is 4.79 Å². The third-order valence-corrected chi connectivity index (χ3v) is 8.48. The number of carboxylic acids is 1. The molecule has 0 bridgehead atoms. The summed E-state index contributed by atoms with van der Waals surface area (Å²) in [6.07, 6.45) is 0.502. The molecule has 0 spiro atoms. The van der Waals surface area contributed by atoms with Gasteiger partial charge in [-0.2, -0.15) is 4.72 Å². The first-order chi connectivity index (χ1) is 16.6. The van der Waals surface area contributed by atoms with E-state index in [1.165, 1.54) is 0 Å². The maximum absolute atomic E-state index is 13.0. The van der Waals surface area contributed by atoms with Crippen LogP contribution in [0.2, 0.25) is 5.02 Å². The fraction of sp³-hybridized carbons (Fsp3) is 0.273. The first-order valence-electron chi connectivity index (χ1n) is 10.4. The minimum absolute atomic E-state index is 0.0447. The molecular weight excluding hydrogens is 516 g/mol. The molecule has 0 amide bonds. The zero-order valence-corrected chi connectivity index (χ0v) is 21.1. The lowest BCUT2D eigenvalue weighted by atomic mass is 10.1. The van der Waals surface area contributed by atoms with Crippen LogP contribution in [-0.4, -0.2) is 44.7 Å². The minimum atomic E-state index is -4.08. The van der Waals surface area contributed by atoms with E-state index in [4.69, 9.17) is 32.6 Å². The van der Waals surface area contributed by atoms with E-state index in [0.717, 1.165) is 16.0 Å². The van der Waals surface area contributed by atoms with E-state index < -0.39 is 22.0 Å². The van der Waals surface area contributed by atoms with Gasteiger partial charge in [0.15, 0.2) is 0 Å². The first kappa shape index (κ1) is 26.5. The number of oxime groups is 1. The molecule has 0 fully saturated rings. The number of nitrogens with one attached hydrogen (secondary N) is 1. The summed E-state index contributed by atoms with van der Waals surface area (Å²) in [6.45, 7) is 2.31. The first-order valence-corrected chi connectivity index (χ1v) is 13.1. The van der Waals surface area contributed by atoms with Gasteiger partial charge in [-0.05, 0) is 65.3 Å². The van der Waals surface area contributed by atoms with Crippen LogP contribution in [0.4, 0.5) is 0 Å². The Bertz CT molecular complexity index is 1320. The second kappa shape index (κ2) is 11.6. The van der Waals surface area contributed by atoms with Crippen molar-refractivity contribution >= 4 is 55.0 Å². The number of rotatable bonds is 12. The molecular formula is C22H25ClN4O6S2. The van der Waals surface area contributed by atoms with Gasteiger partial charge in [-0.15, -0.1) is 11.3 Å². The lowest BCUT2D eigenvalue weighted by molar-refractivity contribution is -0.138. The van der Waals surface area contributed by atoms with Crippen molar-refractivity contribution in [3.8, 4) is 5.75 Å². The van der Waals surface area contributed by atoms with Gasteiger partial charge in [-0.25, -0.2) is 8.42 Å². The van der Waals surface area contributed by atoms with Gasteiger partial charge in [0.25, 0.3) is 10.0 Å². The molecule has 0 aliphatic heterocycles. The molecule has 0 radical (unpaired) electrons. The Balaban J connectivity index is 1.64. The van der Waals surface area contributed by atoms with Crippen molar-refractivity contribution in [2.24, 2.45) is 16.6 Å². The Kier molecular flexibility index (Phi) is 8.78. The van der Waals surface area contributed by atoms with Crippen LogP contribution in [0.5, 0.6) is 5.75 Å². The molecule has 1 atom stereocenters. The summed E-state index contributed by atoms with van der Waals surface area (Å²) < 4.78 is 34.8. The largest absolute Gasteiger partial charge is 0.493 e. The highest BCUT2D eigenvalue weighted by atomic mass is 35.5. The average Bonchev–Trinajstić information content (AvgIpc) is 3.13. The number of halogens is 1. The van der Waals surface area contributed by atoms with Crippen molar-refractivity contribution in [2.75, 3.05) is 13.2 Å². The molecule has 3 rings (SSSR count). The van der Waals surface area contributed by atoms with Gasteiger partial charge < -0.3 is 26.1 Å². The molecule has 2 aromatic carbocycles. The van der Waals surface area contributed by atoms with E-state index in [1.807, 2.05) is 0 Å². The zero-order chi connectivity index (χ0) is 25.6. The number of ether oxygens (including phenoxy) is 1. The van der Waals surface area contributed by atoms with E-state index in [1.54, 1.807) is 49.4 Å². The number of thiophene rings is 1. The summed E-state index contributed by atoms with van der Waals surface area (Å²) in [6, 6.07) is 10.5. The van der Waals surface area contributed by atoms with Gasteiger partial charge in [0.05, 0.1) is 6.61 Å². The molecule has 188 valence electrons. The van der Waals surface area contributed by atoms with E-state index in [0.29, 0.717) is 40.3 Å². The Hall–Kier alpha value is -3.06. The summed E-state index contributed by atoms with van der Waals surface area (Å²) in [7, 11) is -4.08. The van der Waals surface area contributed by atoms with Gasteiger partial charge in [0.1, 0.15) is 22.6 Å². The summed E-state index contributed by atoms with van der Waals surface area (Å²) in [5, 5.41) is 14.3. The van der Waals surface area contributed by atoms with Crippen LogP contribution in [0, 0.1) is 6.92 Å². The van der Waals surface area contributed by atoms with Gasteiger partial charge >= 0.3 is 5.97 Å². The summed E-state index contributed by atoms with van der Waals surface area (Å²) in [4.78, 5) is 16.7. The maximum atomic E-state index is 13.0. The van der Waals surface area contributed by atoms with Crippen molar-refractivity contribution < 1.29 is 27.9 Å². The van der Waals surface area contributed by atoms with Gasteiger partial charge in [-0.1, -0.05) is 23.7 Å². The number of benzene rings is 2. The van der Waals surface area contributed by atoms with Crippen molar-refractivity contribution in [1.29, 1.82) is 0 Å². The number of aliphatic carboxylic acids is 1. The Morgan fingerprint density at radius 3 is 2.57 bits per heavy atom. The highest BCUT2D eigenvalue weighted by Crippen LogP contribution is 2.35.